The summed E-state index contributed by atoms with van der Waals surface area (Å²) in [6.45, 7) is 5.36. The van der Waals surface area contributed by atoms with Gasteiger partial charge < -0.3 is 5.73 Å². The Morgan fingerprint density at radius 1 is 1.44 bits per heavy atom. The first kappa shape index (κ1) is 11.9. The lowest BCUT2D eigenvalue weighted by Crippen LogP contribution is -2.45. The minimum Gasteiger partial charge on any atom is -0.327 e. The van der Waals surface area contributed by atoms with Gasteiger partial charge in [-0.1, -0.05) is 30.7 Å². The second kappa shape index (κ2) is 5.17. The van der Waals surface area contributed by atoms with E-state index in [1.807, 2.05) is 18.2 Å². The van der Waals surface area contributed by atoms with E-state index in [0.717, 1.165) is 31.1 Å². The minimum atomic E-state index is 0.322. The Morgan fingerprint density at radius 2 is 2.25 bits per heavy atom. The molecule has 1 saturated heterocycles. The molecule has 1 aliphatic heterocycles. The van der Waals surface area contributed by atoms with E-state index >= 15 is 0 Å². The van der Waals surface area contributed by atoms with Crippen molar-refractivity contribution in [2.24, 2.45) is 11.7 Å². The summed E-state index contributed by atoms with van der Waals surface area (Å²) >= 11 is 5.98. The Labute approximate surface area is 102 Å². The molecule has 1 fully saturated rings. The molecule has 2 atom stereocenters. The van der Waals surface area contributed by atoms with Gasteiger partial charge in [-0.25, -0.2) is 0 Å². The summed E-state index contributed by atoms with van der Waals surface area (Å²) in [7, 11) is 0. The van der Waals surface area contributed by atoms with Crippen LogP contribution in [0.5, 0.6) is 0 Å². The highest BCUT2D eigenvalue weighted by Crippen LogP contribution is 2.18. The number of halogens is 1. The molecule has 0 aliphatic carbocycles. The van der Waals surface area contributed by atoms with Crippen LogP contribution >= 0.6 is 11.6 Å². The number of piperidine rings is 1. The molecule has 88 valence electrons. The van der Waals surface area contributed by atoms with E-state index in [2.05, 4.69) is 17.9 Å². The Hall–Kier alpha value is -0.570. The lowest BCUT2D eigenvalue weighted by Gasteiger charge is -2.34. The molecule has 2 N–H and O–H groups in total. The van der Waals surface area contributed by atoms with Gasteiger partial charge in [-0.2, -0.15) is 0 Å². The molecule has 1 heterocycles. The summed E-state index contributed by atoms with van der Waals surface area (Å²) in [5.41, 5.74) is 7.30. The van der Waals surface area contributed by atoms with E-state index < -0.39 is 0 Å². The van der Waals surface area contributed by atoms with Gasteiger partial charge in [0.2, 0.25) is 0 Å². The van der Waals surface area contributed by atoms with Crippen LogP contribution in [0, 0.1) is 5.92 Å². The Bertz CT molecular complexity index is 344. The molecule has 16 heavy (non-hydrogen) atoms. The van der Waals surface area contributed by atoms with Crippen molar-refractivity contribution in [3.8, 4) is 0 Å². The molecule has 2 rings (SSSR count). The molecular weight excluding hydrogens is 220 g/mol. The van der Waals surface area contributed by atoms with Crippen molar-refractivity contribution in [1.82, 2.24) is 4.90 Å². The van der Waals surface area contributed by atoms with Crippen LogP contribution in [0.3, 0.4) is 0 Å². The van der Waals surface area contributed by atoms with Crippen molar-refractivity contribution < 1.29 is 0 Å². The summed E-state index contributed by atoms with van der Waals surface area (Å²) in [4.78, 5) is 2.42. The van der Waals surface area contributed by atoms with E-state index in [1.54, 1.807) is 0 Å². The fraction of sp³-hybridized carbons (Fsp3) is 0.538. The lowest BCUT2D eigenvalue weighted by atomic mass is 9.96. The first-order chi connectivity index (χ1) is 7.63. The number of hydrogen-bond acceptors (Lipinski definition) is 2. The largest absolute Gasteiger partial charge is 0.327 e. The fourth-order valence-electron chi connectivity index (χ4n) is 2.54. The van der Waals surface area contributed by atoms with Gasteiger partial charge in [0.25, 0.3) is 0 Å². The summed E-state index contributed by atoms with van der Waals surface area (Å²) in [6, 6.07) is 8.40. The second-order valence-electron chi connectivity index (χ2n) is 4.92. The number of rotatable bonds is 2. The minimum absolute atomic E-state index is 0.322. The molecule has 0 bridgehead atoms. The van der Waals surface area contributed by atoms with Crippen LogP contribution in [0.2, 0.25) is 5.02 Å². The molecule has 1 aliphatic rings. The number of hydrogen-bond donors (Lipinski definition) is 1. The zero-order valence-corrected chi connectivity index (χ0v) is 10.5. The van der Waals surface area contributed by atoms with Gasteiger partial charge in [-0.05, 0) is 30.0 Å². The van der Waals surface area contributed by atoms with E-state index in [0.29, 0.717) is 12.0 Å². The predicted molar refractivity (Wildman–Crippen MR) is 68.5 cm³/mol. The maximum atomic E-state index is 6.03. The van der Waals surface area contributed by atoms with Crippen molar-refractivity contribution >= 4 is 11.6 Å². The highest BCUT2D eigenvalue weighted by atomic mass is 35.5. The van der Waals surface area contributed by atoms with Crippen LogP contribution in [0.15, 0.2) is 24.3 Å². The molecular formula is C13H19ClN2. The standard InChI is InChI=1S/C13H19ClN2/c1-10-5-13(15)9-16(7-10)8-11-3-2-4-12(14)6-11/h2-4,6,10,13H,5,7-9,15H2,1H3. The molecule has 3 heteroatoms. The van der Waals surface area contributed by atoms with Gasteiger partial charge >= 0.3 is 0 Å². The van der Waals surface area contributed by atoms with Crippen LogP contribution in [-0.2, 0) is 6.54 Å². The maximum Gasteiger partial charge on any atom is 0.0409 e. The Kier molecular flexibility index (Phi) is 3.85. The summed E-state index contributed by atoms with van der Waals surface area (Å²) < 4.78 is 0. The van der Waals surface area contributed by atoms with Gasteiger partial charge in [0.05, 0.1) is 0 Å². The zero-order chi connectivity index (χ0) is 11.5. The lowest BCUT2D eigenvalue weighted by molar-refractivity contribution is 0.158. The van der Waals surface area contributed by atoms with E-state index in [9.17, 15) is 0 Å². The average Bonchev–Trinajstić information content (AvgIpc) is 2.15. The van der Waals surface area contributed by atoms with E-state index in [4.69, 9.17) is 17.3 Å². The zero-order valence-electron chi connectivity index (χ0n) is 9.70. The van der Waals surface area contributed by atoms with Gasteiger partial charge in [0.15, 0.2) is 0 Å². The number of nitrogens with two attached hydrogens (primary N) is 1. The molecule has 2 nitrogen and oxygen atoms in total. The molecule has 0 amide bonds. The molecule has 1 aromatic carbocycles. The van der Waals surface area contributed by atoms with Crippen molar-refractivity contribution in [1.29, 1.82) is 0 Å². The first-order valence-corrected chi connectivity index (χ1v) is 6.23. The fourth-order valence-corrected chi connectivity index (χ4v) is 2.75. The highest BCUT2D eigenvalue weighted by Gasteiger charge is 2.21. The van der Waals surface area contributed by atoms with Crippen LogP contribution in [0.4, 0.5) is 0 Å². The number of benzene rings is 1. The summed E-state index contributed by atoms with van der Waals surface area (Å²) in [5, 5.41) is 0.812. The van der Waals surface area contributed by atoms with Gasteiger partial charge in [0.1, 0.15) is 0 Å². The smallest absolute Gasteiger partial charge is 0.0409 e. The Balaban J connectivity index is 1.98. The Morgan fingerprint density at radius 3 is 2.94 bits per heavy atom. The van der Waals surface area contributed by atoms with Crippen LogP contribution in [0.25, 0.3) is 0 Å². The van der Waals surface area contributed by atoms with Gasteiger partial charge in [-0.15, -0.1) is 0 Å². The summed E-state index contributed by atoms with van der Waals surface area (Å²) in [6.07, 6.45) is 1.14. The predicted octanol–water partition coefficient (Wildman–Crippen LogP) is 2.51. The third kappa shape index (κ3) is 3.21. The second-order valence-corrected chi connectivity index (χ2v) is 5.36. The molecule has 1 aromatic rings. The third-order valence-electron chi connectivity index (χ3n) is 3.06. The normalized spacial score (nSPS) is 26.9. The monoisotopic (exact) mass is 238 g/mol. The van der Waals surface area contributed by atoms with Crippen molar-refractivity contribution in [3.05, 3.63) is 34.9 Å². The molecule has 2 unspecified atom stereocenters. The van der Waals surface area contributed by atoms with E-state index in [1.165, 1.54) is 5.56 Å². The molecule has 0 saturated carbocycles. The SMILES string of the molecule is CC1CC(N)CN(Cc2cccc(Cl)c2)C1. The van der Waals surface area contributed by atoms with Crippen molar-refractivity contribution in [3.63, 3.8) is 0 Å². The van der Waals surface area contributed by atoms with E-state index in [-0.39, 0.29) is 0 Å². The molecule has 0 aromatic heterocycles. The molecule has 0 radical (unpaired) electrons. The van der Waals surface area contributed by atoms with Crippen molar-refractivity contribution in [2.75, 3.05) is 13.1 Å². The van der Waals surface area contributed by atoms with Gasteiger partial charge in [0, 0.05) is 30.7 Å². The van der Waals surface area contributed by atoms with Crippen molar-refractivity contribution in [2.45, 2.75) is 25.9 Å². The van der Waals surface area contributed by atoms with Crippen LogP contribution in [-0.4, -0.2) is 24.0 Å². The third-order valence-corrected chi connectivity index (χ3v) is 3.30. The summed E-state index contributed by atoms with van der Waals surface area (Å²) in [5.74, 6) is 0.697. The highest BCUT2D eigenvalue weighted by molar-refractivity contribution is 6.30. The number of nitrogens with zero attached hydrogens (tertiary/aromatic N) is 1. The maximum absolute atomic E-state index is 6.03. The van der Waals surface area contributed by atoms with Crippen LogP contribution < -0.4 is 5.73 Å². The van der Waals surface area contributed by atoms with Gasteiger partial charge in [-0.3, -0.25) is 4.90 Å². The topological polar surface area (TPSA) is 29.3 Å². The first-order valence-electron chi connectivity index (χ1n) is 5.86. The quantitative estimate of drug-likeness (QED) is 0.858. The van der Waals surface area contributed by atoms with Crippen LogP contribution in [0.1, 0.15) is 18.9 Å². The molecule has 0 spiro atoms. The number of likely N-dealkylation sites (tertiary alicyclic amines) is 1. The average molecular weight is 239 g/mol.